The van der Waals surface area contributed by atoms with Crippen LogP contribution in [0.3, 0.4) is 0 Å². The summed E-state index contributed by atoms with van der Waals surface area (Å²) in [7, 11) is 0. The molecule has 0 aliphatic carbocycles. The van der Waals surface area contributed by atoms with Crippen molar-refractivity contribution in [3.05, 3.63) is 138 Å². The zero-order chi connectivity index (χ0) is 27.6. The van der Waals surface area contributed by atoms with E-state index in [4.69, 9.17) is 9.97 Å². The van der Waals surface area contributed by atoms with Crippen molar-refractivity contribution in [2.24, 2.45) is 0 Å². The van der Waals surface area contributed by atoms with Gasteiger partial charge in [0.1, 0.15) is 0 Å². The summed E-state index contributed by atoms with van der Waals surface area (Å²) in [4.78, 5) is 14.8. The summed E-state index contributed by atoms with van der Waals surface area (Å²) in [6, 6.07) is 39.1. The molecule has 0 saturated heterocycles. The third kappa shape index (κ3) is 6.10. The quantitative estimate of drug-likeness (QED) is 0.168. The number of pyridine rings is 1. The molecule has 2 aromatic heterocycles. The Morgan fingerprint density at radius 2 is 1.17 bits per heavy atom. The molecule has 0 atom stereocenters. The van der Waals surface area contributed by atoms with Gasteiger partial charge in [-0.3, -0.25) is 0 Å². The van der Waals surface area contributed by atoms with Gasteiger partial charge in [-0.2, -0.15) is 0 Å². The van der Waals surface area contributed by atoms with Gasteiger partial charge in [0, 0.05) is 43.0 Å². The molecule has 4 aromatic carbocycles. The SMILES string of the molecule is Cc1ccc(C)c(-c2cc(-c3cc(C)ccc3C)nc(-c3cccc(-c4cc[c-]c(-c5ccccn5)c4)c3)n2)c1.[Ir]. The van der Waals surface area contributed by atoms with Crippen molar-refractivity contribution in [2.45, 2.75) is 27.7 Å². The maximum absolute atomic E-state index is 5.13. The zero-order valence-corrected chi connectivity index (χ0v) is 26.0. The molecule has 2 heterocycles. The molecule has 0 N–H and O–H groups in total. The smallest absolute Gasteiger partial charge is 0.160 e. The fraction of sp³-hybridized carbons (Fsp3) is 0.108. The van der Waals surface area contributed by atoms with Gasteiger partial charge in [0.2, 0.25) is 0 Å². The van der Waals surface area contributed by atoms with E-state index in [0.29, 0.717) is 5.82 Å². The largest absolute Gasteiger partial charge is 0.305 e. The van der Waals surface area contributed by atoms with Gasteiger partial charge in [-0.05, 0) is 80.4 Å². The number of rotatable bonds is 5. The number of aryl methyl sites for hydroxylation is 4. The molecule has 4 heteroatoms. The minimum Gasteiger partial charge on any atom is -0.305 e. The first-order valence-electron chi connectivity index (χ1n) is 13.5. The molecule has 41 heavy (non-hydrogen) atoms. The van der Waals surface area contributed by atoms with Gasteiger partial charge < -0.3 is 4.98 Å². The van der Waals surface area contributed by atoms with Crippen LogP contribution in [0.5, 0.6) is 0 Å². The molecular weight excluding hydrogens is 679 g/mol. The number of nitrogens with zero attached hydrogens (tertiary/aromatic N) is 3. The molecule has 0 bridgehead atoms. The second-order valence-corrected chi connectivity index (χ2v) is 10.4. The number of aromatic nitrogens is 3. The Balaban J connectivity index is 0.00000337. The minimum absolute atomic E-state index is 0. The summed E-state index contributed by atoms with van der Waals surface area (Å²) in [5.41, 5.74) is 14.0. The Hall–Kier alpha value is -4.24. The molecule has 203 valence electrons. The van der Waals surface area contributed by atoms with E-state index >= 15 is 0 Å². The molecular formula is C37H30IrN3-. The van der Waals surface area contributed by atoms with Gasteiger partial charge >= 0.3 is 0 Å². The fourth-order valence-electron chi connectivity index (χ4n) is 5.03. The van der Waals surface area contributed by atoms with Crippen molar-refractivity contribution in [3.8, 4) is 56.3 Å². The van der Waals surface area contributed by atoms with Crippen molar-refractivity contribution in [2.75, 3.05) is 0 Å². The predicted octanol–water partition coefficient (Wildman–Crippen LogP) is 9.24. The van der Waals surface area contributed by atoms with Crippen LogP contribution in [0.15, 0.2) is 109 Å². The van der Waals surface area contributed by atoms with E-state index in [-0.39, 0.29) is 20.1 Å². The molecule has 0 unspecified atom stereocenters. The van der Waals surface area contributed by atoms with Crippen molar-refractivity contribution in [3.63, 3.8) is 0 Å². The van der Waals surface area contributed by atoms with Crippen LogP contribution in [0.25, 0.3) is 56.3 Å². The number of hydrogen-bond donors (Lipinski definition) is 0. The first-order valence-corrected chi connectivity index (χ1v) is 13.5. The van der Waals surface area contributed by atoms with Crippen LogP contribution >= 0.6 is 0 Å². The van der Waals surface area contributed by atoms with Gasteiger partial charge in [0.15, 0.2) is 5.82 Å². The van der Waals surface area contributed by atoms with Crippen molar-refractivity contribution in [1.82, 2.24) is 15.0 Å². The Kier molecular flexibility index (Phi) is 8.35. The topological polar surface area (TPSA) is 38.7 Å². The Morgan fingerprint density at radius 3 is 1.80 bits per heavy atom. The zero-order valence-electron chi connectivity index (χ0n) is 23.6. The Labute approximate surface area is 255 Å². The van der Waals surface area contributed by atoms with E-state index in [9.17, 15) is 0 Å². The van der Waals surface area contributed by atoms with Gasteiger partial charge in [-0.15, -0.1) is 35.4 Å². The van der Waals surface area contributed by atoms with Crippen molar-refractivity contribution in [1.29, 1.82) is 0 Å². The number of benzene rings is 4. The van der Waals surface area contributed by atoms with E-state index in [2.05, 4.69) is 118 Å². The van der Waals surface area contributed by atoms with E-state index < -0.39 is 0 Å². The van der Waals surface area contributed by atoms with Gasteiger partial charge in [0.25, 0.3) is 0 Å². The van der Waals surface area contributed by atoms with Crippen LogP contribution in [0.2, 0.25) is 0 Å². The molecule has 0 spiro atoms. The van der Waals surface area contributed by atoms with Crippen molar-refractivity contribution < 1.29 is 20.1 Å². The maximum Gasteiger partial charge on any atom is 0.160 e. The monoisotopic (exact) mass is 709 g/mol. The van der Waals surface area contributed by atoms with Gasteiger partial charge in [-0.25, -0.2) is 9.97 Å². The fourth-order valence-corrected chi connectivity index (χ4v) is 5.03. The summed E-state index contributed by atoms with van der Waals surface area (Å²) in [5, 5.41) is 0. The van der Waals surface area contributed by atoms with E-state index in [0.717, 1.165) is 50.5 Å². The molecule has 6 rings (SSSR count). The molecule has 0 aliphatic rings. The Morgan fingerprint density at radius 1 is 0.537 bits per heavy atom. The average Bonchev–Trinajstić information content (AvgIpc) is 3.00. The molecule has 0 fully saturated rings. The summed E-state index contributed by atoms with van der Waals surface area (Å²) >= 11 is 0. The van der Waals surface area contributed by atoms with E-state index in [1.165, 1.54) is 22.3 Å². The normalized spacial score (nSPS) is 10.7. The molecule has 1 radical (unpaired) electrons. The van der Waals surface area contributed by atoms with Crippen LogP contribution in [-0.2, 0) is 20.1 Å². The van der Waals surface area contributed by atoms with Gasteiger partial charge in [0.05, 0.1) is 11.4 Å². The van der Waals surface area contributed by atoms with Gasteiger partial charge in [-0.1, -0.05) is 65.7 Å². The van der Waals surface area contributed by atoms with Crippen LogP contribution in [-0.4, -0.2) is 15.0 Å². The Bertz CT molecular complexity index is 1770. The third-order valence-corrected chi connectivity index (χ3v) is 7.26. The van der Waals surface area contributed by atoms with Crippen LogP contribution < -0.4 is 0 Å². The minimum atomic E-state index is 0. The van der Waals surface area contributed by atoms with Crippen molar-refractivity contribution >= 4 is 0 Å². The average molecular weight is 709 g/mol. The predicted molar refractivity (Wildman–Crippen MR) is 165 cm³/mol. The second kappa shape index (κ2) is 12.1. The molecule has 0 aliphatic heterocycles. The third-order valence-electron chi connectivity index (χ3n) is 7.26. The summed E-state index contributed by atoms with van der Waals surface area (Å²) in [6.45, 7) is 8.52. The van der Waals surface area contributed by atoms with Crippen LogP contribution in [0.1, 0.15) is 22.3 Å². The molecule has 0 amide bonds. The van der Waals surface area contributed by atoms with E-state index in [1.807, 2.05) is 30.5 Å². The summed E-state index contributed by atoms with van der Waals surface area (Å²) in [6.07, 6.45) is 1.81. The molecule has 3 nitrogen and oxygen atoms in total. The first kappa shape index (κ1) is 28.3. The van der Waals surface area contributed by atoms with Crippen LogP contribution in [0.4, 0.5) is 0 Å². The maximum atomic E-state index is 5.13. The summed E-state index contributed by atoms with van der Waals surface area (Å²) < 4.78 is 0. The van der Waals surface area contributed by atoms with E-state index in [1.54, 1.807) is 0 Å². The number of hydrogen-bond acceptors (Lipinski definition) is 3. The second-order valence-electron chi connectivity index (χ2n) is 10.4. The standard InChI is InChI=1S/C37H30N3.Ir/c1-24-14-16-26(3)32(19-24)35-23-36(33-20-25(2)15-17-27(33)4)40-37(39-35)31-12-8-10-29(22-31)28-9-7-11-30(21-28)34-13-5-6-18-38-34;/h5-10,12-23H,1-4H3;/q-1;. The van der Waals surface area contributed by atoms with Crippen LogP contribution in [0, 0.1) is 33.8 Å². The molecule has 6 aromatic rings. The molecule has 0 saturated carbocycles. The summed E-state index contributed by atoms with van der Waals surface area (Å²) in [5.74, 6) is 0.712. The first-order chi connectivity index (χ1) is 19.4.